The molecule has 0 bridgehead atoms. The number of aliphatic hydroxyl groups excluding tert-OH is 1. The second-order valence-electron chi connectivity index (χ2n) is 8.06. The monoisotopic (exact) mass is 375 g/mol. The van der Waals surface area contributed by atoms with Crippen LogP contribution in [0.2, 0.25) is 0 Å². The Labute approximate surface area is 159 Å². The molecule has 5 heteroatoms. The van der Waals surface area contributed by atoms with Crippen LogP contribution in [0.15, 0.2) is 18.2 Å². The fourth-order valence-electron chi connectivity index (χ4n) is 3.76. The van der Waals surface area contributed by atoms with Gasteiger partial charge in [-0.05, 0) is 57.9 Å². The Bertz CT molecular complexity index is 805. The van der Waals surface area contributed by atoms with Gasteiger partial charge < -0.3 is 14.7 Å². The zero-order chi connectivity index (χ0) is 19.1. The lowest BCUT2D eigenvalue weighted by molar-refractivity contribution is 0.00515. The molecule has 1 aliphatic rings. The minimum atomic E-state index is -0.698. The second kappa shape index (κ2) is 7.20. The van der Waals surface area contributed by atoms with Crippen LogP contribution in [0.3, 0.4) is 0 Å². The van der Waals surface area contributed by atoms with Crippen LogP contribution in [0, 0.1) is 6.92 Å². The summed E-state index contributed by atoms with van der Waals surface area (Å²) >= 11 is 1.76. The molecule has 1 aliphatic heterocycles. The number of ether oxygens (including phenoxy) is 1. The van der Waals surface area contributed by atoms with Gasteiger partial charge in [0.2, 0.25) is 0 Å². The van der Waals surface area contributed by atoms with E-state index in [9.17, 15) is 9.90 Å². The van der Waals surface area contributed by atoms with Gasteiger partial charge >= 0.3 is 6.09 Å². The predicted molar refractivity (Wildman–Crippen MR) is 107 cm³/mol. The summed E-state index contributed by atoms with van der Waals surface area (Å²) in [5.41, 5.74) is 1.70. The van der Waals surface area contributed by atoms with Crippen molar-refractivity contribution in [2.75, 3.05) is 6.54 Å². The lowest BCUT2D eigenvalue weighted by Crippen LogP contribution is -2.42. The zero-order valence-electron chi connectivity index (χ0n) is 16.3. The van der Waals surface area contributed by atoms with Crippen LogP contribution >= 0.6 is 11.3 Å². The number of thiophene rings is 1. The number of hydrogen-bond acceptors (Lipinski definition) is 4. The van der Waals surface area contributed by atoms with Crippen molar-refractivity contribution in [3.8, 4) is 0 Å². The first-order chi connectivity index (χ1) is 12.2. The van der Waals surface area contributed by atoms with Gasteiger partial charge in [-0.3, -0.25) is 0 Å². The van der Waals surface area contributed by atoms with E-state index in [-0.39, 0.29) is 12.1 Å². The Hall–Kier alpha value is -1.59. The molecule has 4 nitrogen and oxygen atoms in total. The molecule has 0 unspecified atom stereocenters. The Morgan fingerprint density at radius 1 is 1.42 bits per heavy atom. The Morgan fingerprint density at radius 2 is 2.15 bits per heavy atom. The number of carbonyl (C=O) groups excluding carboxylic acids is 1. The smallest absolute Gasteiger partial charge is 0.410 e. The molecule has 0 aliphatic carbocycles. The molecule has 1 N–H and O–H groups in total. The van der Waals surface area contributed by atoms with E-state index in [0.717, 1.165) is 29.5 Å². The topological polar surface area (TPSA) is 49.8 Å². The fraction of sp³-hybridized carbons (Fsp3) is 0.571. The van der Waals surface area contributed by atoms with Gasteiger partial charge in [-0.2, -0.15) is 0 Å². The predicted octanol–water partition coefficient (Wildman–Crippen LogP) is 5.21. The lowest BCUT2D eigenvalue weighted by Gasteiger charge is -2.31. The number of fused-ring (bicyclic) bond motifs is 1. The number of aliphatic hydroxyl groups is 1. The van der Waals surface area contributed by atoms with E-state index in [1.165, 1.54) is 15.8 Å². The highest BCUT2D eigenvalue weighted by atomic mass is 32.1. The van der Waals surface area contributed by atoms with Gasteiger partial charge in [0.25, 0.3) is 0 Å². The highest BCUT2D eigenvalue weighted by molar-refractivity contribution is 7.19. The Kier molecular flexibility index (Phi) is 5.31. The van der Waals surface area contributed by atoms with E-state index in [1.807, 2.05) is 32.9 Å². The van der Waals surface area contributed by atoms with Crippen molar-refractivity contribution in [1.29, 1.82) is 0 Å². The van der Waals surface area contributed by atoms with E-state index in [2.05, 4.69) is 19.9 Å². The molecule has 1 fully saturated rings. The first-order valence-electron chi connectivity index (χ1n) is 9.41. The van der Waals surface area contributed by atoms with Crippen molar-refractivity contribution in [3.63, 3.8) is 0 Å². The molecule has 2 atom stereocenters. The number of nitrogens with zero attached hydrogens (tertiary/aromatic N) is 1. The van der Waals surface area contributed by atoms with Gasteiger partial charge in [-0.1, -0.05) is 25.1 Å². The number of likely N-dealkylation sites (tertiary alicyclic amines) is 1. The summed E-state index contributed by atoms with van der Waals surface area (Å²) in [5, 5.41) is 12.4. The summed E-state index contributed by atoms with van der Waals surface area (Å²) in [5.74, 6) is 0. The first kappa shape index (κ1) is 19.2. The van der Waals surface area contributed by atoms with Crippen LogP contribution in [0.5, 0.6) is 0 Å². The maximum atomic E-state index is 12.6. The maximum Gasteiger partial charge on any atom is 0.410 e. The molecule has 2 heterocycles. The quantitative estimate of drug-likeness (QED) is 0.801. The van der Waals surface area contributed by atoms with Gasteiger partial charge in [0.05, 0.1) is 6.04 Å². The normalized spacial score (nSPS) is 19.2. The molecular formula is C21H29NO3S. The number of carbonyl (C=O) groups is 1. The van der Waals surface area contributed by atoms with Gasteiger partial charge in [-0.25, -0.2) is 4.79 Å². The SMILES string of the molecule is CCc1sc2c([C@H](O)[C@H]3CCCN3C(=O)OC(C)(C)C)cccc2c1C. The summed E-state index contributed by atoms with van der Waals surface area (Å²) < 4.78 is 6.69. The van der Waals surface area contributed by atoms with E-state index < -0.39 is 11.7 Å². The Balaban J connectivity index is 1.92. The average Bonchev–Trinajstić information content (AvgIpc) is 3.17. The molecule has 142 valence electrons. The molecule has 1 aromatic heterocycles. The van der Waals surface area contributed by atoms with Crippen LogP contribution in [0.4, 0.5) is 4.79 Å². The van der Waals surface area contributed by atoms with Gasteiger partial charge in [0, 0.05) is 21.7 Å². The molecule has 0 spiro atoms. The van der Waals surface area contributed by atoms with E-state index in [0.29, 0.717) is 6.54 Å². The summed E-state index contributed by atoms with van der Waals surface area (Å²) in [4.78, 5) is 15.6. The lowest BCUT2D eigenvalue weighted by atomic mass is 9.98. The average molecular weight is 376 g/mol. The van der Waals surface area contributed by atoms with Gasteiger partial charge in [0.1, 0.15) is 11.7 Å². The largest absolute Gasteiger partial charge is 0.444 e. The van der Waals surface area contributed by atoms with Crippen molar-refractivity contribution >= 4 is 27.5 Å². The van der Waals surface area contributed by atoms with E-state index >= 15 is 0 Å². The van der Waals surface area contributed by atoms with Gasteiger partial charge in [0.15, 0.2) is 0 Å². The van der Waals surface area contributed by atoms with Crippen LogP contribution < -0.4 is 0 Å². The highest BCUT2D eigenvalue weighted by Crippen LogP contribution is 2.39. The van der Waals surface area contributed by atoms with E-state index in [4.69, 9.17) is 4.74 Å². The Morgan fingerprint density at radius 3 is 2.81 bits per heavy atom. The van der Waals surface area contributed by atoms with E-state index in [1.54, 1.807) is 16.2 Å². The third kappa shape index (κ3) is 3.60. The maximum absolute atomic E-state index is 12.6. The number of rotatable bonds is 3. The molecular weight excluding hydrogens is 346 g/mol. The van der Waals surface area contributed by atoms with Crippen molar-refractivity contribution in [3.05, 3.63) is 34.2 Å². The minimum Gasteiger partial charge on any atom is -0.444 e. The highest BCUT2D eigenvalue weighted by Gasteiger charge is 2.37. The van der Waals surface area contributed by atoms with Crippen molar-refractivity contribution in [2.24, 2.45) is 0 Å². The number of aryl methyl sites for hydroxylation is 2. The number of benzene rings is 1. The molecule has 26 heavy (non-hydrogen) atoms. The molecule has 0 saturated carbocycles. The van der Waals surface area contributed by atoms with Crippen LogP contribution in [0.1, 0.15) is 62.6 Å². The number of hydrogen-bond donors (Lipinski definition) is 1. The summed E-state index contributed by atoms with van der Waals surface area (Å²) in [6.07, 6.45) is 1.65. The fourth-order valence-corrected chi connectivity index (χ4v) is 5.05. The van der Waals surface area contributed by atoms with Gasteiger partial charge in [-0.15, -0.1) is 11.3 Å². The molecule has 1 aromatic carbocycles. The molecule has 1 saturated heterocycles. The summed E-state index contributed by atoms with van der Waals surface area (Å²) in [7, 11) is 0. The minimum absolute atomic E-state index is 0.233. The first-order valence-corrected chi connectivity index (χ1v) is 10.2. The summed E-state index contributed by atoms with van der Waals surface area (Å²) in [6.45, 7) is 10.6. The molecule has 2 aromatic rings. The van der Waals surface area contributed by atoms with Crippen molar-refractivity contribution < 1.29 is 14.6 Å². The second-order valence-corrected chi connectivity index (χ2v) is 9.16. The summed E-state index contributed by atoms with van der Waals surface area (Å²) in [6, 6.07) is 5.89. The van der Waals surface area contributed by atoms with Crippen LogP contribution in [-0.4, -0.2) is 34.3 Å². The van der Waals surface area contributed by atoms with Crippen LogP contribution in [0.25, 0.3) is 10.1 Å². The third-order valence-corrected chi connectivity index (χ3v) is 6.53. The zero-order valence-corrected chi connectivity index (χ0v) is 17.2. The molecule has 1 amide bonds. The standard InChI is InChI=1S/C21H29NO3S/c1-6-17-13(2)14-9-7-10-15(19(14)26-17)18(23)16-11-8-12-22(16)20(24)25-21(3,4)5/h7,9-10,16,18,23H,6,8,11-12H2,1-5H3/t16-,18+/m1/s1. The van der Waals surface area contributed by atoms with Crippen LogP contribution in [-0.2, 0) is 11.2 Å². The molecule has 0 radical (unpaired) electrons. The third-order valence-electron chi connectivity index (χ3n) is 5.02. The van der Waals surface area contributed by atoms with Crippen molar-refractivity contribution in [1.82, 2.24) is 4.90 Å². The number of amides is 1. The molecule has 3 rings (SSSR count). The van der Waals surface area contributed by atoms with Crippen molar-refractivity contribution in [2.45, 2.75) is 71.6 Å².